The van der Waals surface area contributed by atoms with Crippen molar-refractivity contribution in [1.82, 2.24) is 9.80 Å². The molecule has 0 bridgehead atoms. The van der Waals surface area contributed by atoms with Gasteiger partial charge in [-0.15, -0.1) is 0 Å². The molecule has 0 aromatic rings. The predicted molar refractivity (Wildman–Crippen MR) is 48.6 cm³/mol. The summed E-state index contributed by atoms with van der Waals surface area (Å²) in [6, 6.07) is 0.327. The van der Waals surface area contributed by atoms with Crippen molar-refractivity contribution in [2.45, 2.75) is 25.4 Å². The number of hydrogen-bond donors (Lipinski definition) is 1. The van der Waals surface area contributed by atoms with Crippen molar-refractivity contribution in [3.05, 3.63) is 0 Å². The van der Waals surface area contributed by atoms with Crippen LogP contribution in [0.1, 0.15) is 13.3 Å². The van der Waals surface area contributed by atoms with Gasteiger partial charge in [0.05, 0.1) is 0 Å². The Hall–Kier alpha value is -0.610. The molecule has 2 saturated heterocycles. The van der Waals surface area contributed by atoms with Crippen LogP contribution in [-0.4, -0.2) is 59.1 Å². The molecule has 2 aliphatic heterocycles. The minimum Gasteiger partial charge on any atom is -0.480 e. The first kappa shape index (κ1) is 8.97. The topological polar surface area (TPSA) is 43.8 Å². The smallest absolute Gasteiger partial charge is 0.320 e. The largest absolute Gasteiger partial charge is 0.480 e. The average Bonchev–Trinajstić information content (AvgIpc) is 1.90. The van der Waals surface area contributed by atoms with Crippen LogP contribution in [0.5, 0.6) is 0 Å². The Morgan fingerprint density at radius 1 is 1.46 bits per heavy atom. The fourth-order valence-corrected chi connectivity index (χ4v) is 1.90. The van der Waals surface area contributed by atoms with Crippen molar-refractivity contribution in [2.24, 2.45) is 0 Å². The molecular weight excluding hydrogens is 168 g/mol. The quantitative estimate of drug-likeness (QED) is 0.662. The fraction of sp³-hybridized carbons (Fsp3) is 0.889. The number of aliphatic carboxylic acids is 1. The number of hydrogen-bond acceptors (Lipinski definition) is 3. The average molecular weight is 184 g/mol. The molecule has 0 radical (unpaired) electrons. The zero-order valence-electron chi connectivity index (χ0n) is 7.94. The van der Waals surface area contributed by atoms with Gasteiger partial charge in [-0.25, -0.2) is 0 Å². The third kappa shape index (κ3) is 1.56. The molecule has 0 aromatic heterocycles. The van der Waals surface area contributed by atoms with Gasteiger partial charge in [0, 0.05) is 19.1 Å². The highest BCUT2D eigenvalue weighted by Gasteiger charge is 2.38. The van der Waals surface area contributed by atoms with Crippen LogP contribution >= 0.6 is 0 Å². The summed E-state index contributed by atoms with van der Waals surface area (Å²) in [4.78, 5) is 15.1. The maximum Gasteiger partial charge on any atom is 0.320 e. The van der Waals surface area contributed by atoms with E-state index in [4.69, 9.17) is 5.11 Å². The first-order valence-electron chi connectivity index (χ1n) is 4.89. The number of carboxylic acids is 1. The van der Waals surface area contributed by atoms with Crippen molar-refractivity contribution >= 4 is 5.97 Å². The molecule has 4 nitrogen and oxygen atoms in total. The molecule has 0 saturated carbocycles. The molecule has 2 fully saturated rings. The summed E-state index contributed by atoms with van der Waals surface area (Å²) in [6.45, 7) is 6.05. The van der Waals surface area contributed by atoms with Gasteiger partial charge in [0.2, 0.25) is 0 Å². The Bertz CT molecular complexity index is 210. The zero-order chi connectivity index (χ0) is 9.42. The van der Waals surface area contributed by atoms with E-state index in [-0.39, 0.29) is 6.04 Å². The molecule has 1 N–H and O–H groups in total. The Morgan fingerprint density at radius 2 is 2.08 bits per heavy atom. The van der Waals surface area contributed by atoms with E-state index in [1.807, 2.05) is 4.90 Å². The molecule has 13 heavy (non-hydrogen) atoms. The van der Waals surface area contributed by atoms with Crippen molar-refractivity contribution in [3.8, 4) is 0 Å². The van der Waals surface area contributed by atoms with Crippen LogP contribution in [0.25, 0.3) is 0 Å². The lowest BCUT2D eigenvalue weighted by Gasteiger charge is -2.50. The van der Waals surface area contributed by atoms with Gasteiger partial charge in [-0.3, -0.25) is 14.6 Å². The molecule has 2 aliphatic rings. The van der Waals surface area contributed by atoms with Crippen LogP contribution in [0.4, 0.5) is 0 Å². The number of rotatable bonds is 3. The van der Waals surface area contributed by atoms with E-state index in [0.29, 0.717) is 6.04 Å². The van der Waals surface area contributed by atoms with Gasteiger partial charge in [-0.05, 0) is 26.4 Å². The number of carbonyl (C=O) groups is 1. The van der Waals surface area contributed by atoms with Crippen molar-refractivity contribution in [1.29, 1.82) is 0 Å². The summed E-state index contributed by atoms with van der Waals surface area (Å²) in [5.41, 5.74) is 0. The fourth-order valence-electron chi connectivity index (χ4n) is 1.90. The molecule has 0 amide bonds. The zero-order valence-corrected chi connectivity index (χ0v) is 7.94. The molecule has 74 valence electrons. The number of nitrogens with zero attached hydrogens (tertiary/aromatic N) is 2. The van der Waals surface area contributed by atoms with Gasteiger partial charge < -0.3 is 5.11 Å². The van der Waals surface area contributed by atoms with Crippen molar-refractivity contribution < 1.29 is 9.90 Å². The van der Waals surface area contributed by atoms with Crippen molar-refractivity contribution in [3.63, 3.8) is 0 Å². The first-order chi connectivity index (χ1) is 6.18. The van der Waals surface area contributed by atoms with Gasteiger partial charge in [0.15, 0.2) is 0 Å². The molecule has 1 atom stereocenters. The van der Waals surface area contributed by atoms with E-state index >= 15 is 0 Å². The van der Waals surface area contributed by atoms with E-state index in [9.17, 15) is 4.79 Å². The van der Waals surface area contributed by atoms with Crippen LogP contribution in [-0.2, 0) is 4.79 Å². The first-order valence-corrected chi connectivity index (χ1v) is 4.89. The minimum absolute atomic E-state index is 0.308. The molecule has 0 aliphatic carbocycles. The molecule has 0 spiro atoms. The van der Waals surface area contributed by atoms with E-state index in [1.54, 1.807) is 6.92 Å². The van der Waals surface area contributed by atoms with E-state index in [1.165, 1.54) is 19.5 Å². The summed E-state index contributed by atoms with van der Waals surface area (Å²) < 4.78 is 0. The van der Waals surface area contributed by atoms with Crippen LogP contribution in [0, 0.1) is 0 Å². The van der Waals surface area contributed by atoms with Crippen LogP contribution in [0.2, 0.25) is 0 Å². The lowest BCUT2D eigenvalue weighted by Crippen LogP contribution is -2.65. The number of likely N-dealkylation sites (tertiary alicyclic amines) is 2. The minimum atomic E-state index is -0.706. The second-order valence-electron chi connectivity index (χ2n) is 4.01. The van der Waals surface area contributed by atoms with Crippen LogP contribution in [0.3, 0.4) is 0 Å². The summed E-state index contributed by atoms with van der Waals surface area (Å²) in [7, 11) is 0. The van der Waals surface area contributed by atoms with Gasteiger partial charge >= 0.3 is 5.97 Å². The third-order valence-electron chi connectivity index (χ3n) is 3.20. The Morgan fingerprint density at radius 3 is 2.46 bits per heavy atom. The molecule has 4 heteroatoms. The third-order valence-corrected chi connectivity index (χ3v) is 3.20. The maximum absolute atomic E-state index is 10.6. The molecule has 0 aromatic carbocycles. The lowest BCUT2D eigenvalue weighted by atomic mass is 10.0. The summed E-state index contributed by atoms with van der Waals surface area (Å²) >= 11 is 0. The van der Waals surface area contributed by atoms with Crippen LogP contribution < -0.4 is 0 Å². The van der Waals surface area contributed by atoms with E-state index < -0.39 is 5.97 Å². The highest BCUT2D eigenvalue weighted by atomic mass is 16.4. The van der Waals surface area contributed by atoms with Crippen molar-refractivity contribution in [2.75, 3.05) is 26.2 Å². The normalized spacial score (nSPS) is 27.8. The second-order valence-corrected chi connectivity index (χ2v) is 4.01. The SMILES string of the molecule is CC(C(=O)O)N1CC(N2CCC2)C1. The molecule has 2 heterocycles. The maximum atomic E-state index is 10.6. The van der Waals surface area contributed by atoms with Gasteiger partial charge in [-0.2, -0.15) is 0 Å². The van der Waals surface area contributed by atoms with Crippen LogP contribution in [0.15, 0.2) is 0 Å². The summed E-state index contributed by atoms with van der Waals surface area (Å²) in [5, 5.41) is 8.76. The lowest BCUT2D eigenvalue weighted by molar-refractivity contribution is -0.146. The Balaban J connectivity index is 1.74. The summed E-state index contributed by atoms with van der Waals surface area (Å²) in [6.07, 6.45) is 1.31. The molecule has 2 rings (SSSR count). The Kier molecular flexibility index (Phi) is 2.26. The Labute approximate surface area is 78.1 Å². The van der Waals surface area contributed by atoms with Gasteiger partial charge in [0.1, 0.15) is 6.04 Å². The van der Waals surface area contributed by atoms with Gasteiger partial charge in [0.25, 0.3) is 0 Å². The molecule has 1 unspecified atom stereocenters. The number of carboxylic acid groups (broad SMARTS) is 1. The van der Waals surface area contributed by atoms with E-state index in [2.05, 4.69) is 4.90 Å². The second kappa shape index (κ2) is 3.27. The van der Waals surface area contributed by atoms with Gasteiger partial charge in [-0.1, -0.05) is 0 Å². The standard InChI is InChI=1S/C9H16N2O2/c1-7(9(12)13)11-5-8(6-11)10-3-2-4-10/h7-8H,2-6H2,1H3,(H,12,13). The highest BCUT2D eigenvalue weighted by molar-refractivity contribution is 5.73. The monoisotopic (exact) mass is 184 g/mol. The summed E-state index contributed by atoms with van der Waals surface area (Å²) in [5.74, 6) is -0.706. The van der Waals surface area contributed by atoms with E-state index in [0.717, 1.165) is 13.1 Å². The highest BCUT2D eigenvalue weighted by Crippen LogP contribution is 2.21. The predicted octanol–water partition coefficient (Wildman–Crippen LogP) is -0.151. The molecular formula is C9H16N2O2.